The molecule has 1 fully saturated rings. The molecule has 0 radical (unpaired) electrons. The van der Waals surface area contributed by atoms with E-state index in [0.29, 0.717) is 24.4 Å². The molecule has 0 spiro atoms. The number of carbonyl (C=O) groups is 1. The van der Waals surface area contributed by atoms with E-state index >= 15 is 0 Å². The molecule has 7 nitrogen and oxygen atoms in total. The Morgan fingerprint density at radius 3 is 2.53 bits per heavy atom. The van der Waals surface area contributed by atoms with Crippen molar-refractivity contribution in [1.29, 1.82) is 0 Å². The SMILES string of the molecule is CCNC(=NCc1ccc(NC(=O)c2ccco2)cc1)NC1CCN(C(C)C)CC1. The Morgan fingerprint density at radius 2 is 1.93 bits per heavy atom. The topological polar surface area (TPSA) is 81.9 Å². The van der Waals surface area contributed by atoms with Gasteiger partial charge in [0.1, 0.15) is 0 Å². The Bertz CT molecular complexity index is 807. The first-order chi connectivity index (χ1) is 14.5. The molecule has 3 rings (SSSR count). The monoisotopic (exact) mass is 411 g/mol. The van der Waals surface area contributed by atoms with Gasteiger partial charge in [-0.25, -0.2) is 4.99 Å². The summed E-state index contributed by atoms with van der Waals surface area (Å²) in [5.41, 5.74) is 1.81. The van der Waals surface area contributed by atoms with Gasteiger partial charge >= 0.3 is 0 Å². The summed E-state index contributed by atoms with van der Waals surface area (Å²) >= 11 is 0. The Labute approximate surface area is 178 Å². The molecule has 7 heteroatoms. The number of nitrogens with one attached hydrogen (secondary N) is 3. The molecule has 0 saturated carbocycles. The Kier molecular flexibility index (Phi) is 7.90. The highest BCUT2D eigenvalue weighted by Crippen LogP contribution is 2.14. The van der Waals surface area contributed by atoms with E-state index in [0.717, 1.165) is 49.7 Å². The number of anilines is 1. The quantitative estimate of drug-likeness (QED) is 0.480. The summed E-state index contributed by atoms with van der Waals surface area (Å²) in [6.45, 7) is 10.2. The lowest BCUT2D eigenvalue weighted by molar-refractivity contribution is 0.0996. The third kappa shape index (κ3) is 6.35. The van der Waals surface area contributed by atoms with Crippen molar-refractivity contribution in [3.8, 4) is 0 Å². The fraction of sp³-hybridized carbons (Fsp3) is 0.478. The van der Waals surface area contributed by atoms with Crippen molar-refractivity contribution >= 4 is 17.6 Å². The molecule has 1 saturated heterocycles. The number of piperidine rings is 1. The maximum absolute atomic E-state index is 12.0. The normalized spacial score (nSPS) is 15.9. The number of hydrogen-bond acceptors (Lipinski definition) is 4. The van der Waals surface area contributed by atoms with Crippen LogP contribution in [0.3, 0.4) is 0 Å². The van der Waals surface area contributed by atoms with E-state index in [2.05, 4.69) is 41.6 Å². The maximum Gasteiger partial charge on any atom is 0.291 e. The number of rotatable bonds is 7. The zero-order valence-corrected chi connectivity index (χ0v) is 18.1. The summed E-state index contributed by atoms with van der Waals surface area (Å²) in [5.74, 6) is 0.896. The first-order valence-corrected chi connectivity index (χ1v) is 10.8. The molecule has 0 bridgehead atoms. The van der Waals surface area contributed by atoms with Crippen LogP contribution >= 0.6 is 0 Å². The summed E-state index contributed by atoms with van der Waals surface area (Å²) in [5, 5.41) is 9.75. The number of nitrogens with zero attached hydrogens (tertiary/aromatic N) is 2. The Balaban J connectivity index is 1.52. The number of benzene rings is 1. The lowest BCUT2D eigenvalue weighted by atomic mass is 10.0. The van der Waals surface area contributed by atoms with Gasteiger partial charge in [-0.3, -0.25) is 4.79 Å². The van der Waals surface area contributed by atoms with Crippen molar-refractivity contribution in [3.05, 3.63) is 54.0 Å². The smallest absolute Gasteiger partial charge is 0.291 e. The molecule has 3 N–H and O–H groups in total. The molecule has 2 heterocycles. The van der Waals surface area contributed by atoms with Gasteiger partial charge in [0.05, 0.1) is 12.8 Å². The van der Waals surface area contributed by atoms with Crippen LogP contribution in [0.5, 0.6) is 0 Å². The maximum atomic E-state index is 12.0. The first-order valence-electron chi connectivity index (χ1n) is 10.8. The summed E-state index contributed by atoms with van der Waals surface area (Å²) in [6, 6.07) is 12.1. The molecule has 1 aliphatic rings. The first kappa shape index (κ1) is 21.9. The number of amides is 1. The van der Waals surface area contributed by atoms with E-state index in [-0.39, 0.29) is 5.91 Å². The molecular formula is C23H33N5O2. The lowest BCUT2D eigenvalue weighted by Crippen LogP contribution is -2.49. The predicted octanol–water partition coefficient (Wildman–Crippen LogP) is 3.46. The molecule has 0 atom stereocenters. The molecule has 2 aromatic rings. The zero-order chi connectivity index (χ0) is 21.3. The summed E-state index contributed by atoms with van der Waals surface area (Å²) in [7, 11) is 0. The molecule has 1 amide bonds. The fourth-order valence-electron chi connectivity index (χ4n) is 3.54. The third-order valence-electron chi connectivity index (χ3n) is 5.32. The molecule has 0 aliphatic carbocycles. The van der Waals surface area contributed by atoms with Crippen molar-refractivity contribution in [1.82, 2.24) is 15.5 Å². The Morgan fingerprint density at radius 1 is 1.20 bits per heavy atom. The van der Waals surface area contributed by atoms with Crippen LogP contribution in [0, 0.1) is 0 Å². The predicted molar refractivity (Wildman–Crippen MR) is 121 cm³/mol. The van der Waals surface area contributed by atoms with Crippen molar-refractivity contribution in [3.63, 3.8) is 0 Å². The summed E-state index contributed by atoms with van der Waals surface area (Å²) < 4.78 is 5.11. The van der Waals surface area contributed by atoms with Crippen molar-refractivity contribution in [2.24, 2.45) is 4.99 Å². The molecular weight excluding hydrogens is 378 g/mol. The highest BCUT2D eigenvalue weighted by molar-refractivity contribution is 6.02. The van der Waals surface area contributed by atoms with Gasteiger partial charge < -0.3 is 25.3 Å². The number of hydrogen-bond donors (Lipinski definition) is 3. The average molecular weight is 412 g/mol. The van der Waals surface area contributed by atoms with E-state index in [1.165, 1.54) is 6.26 Å². The van der Waals surface area contributed by atoms with Crippen LogP contribution < -0.4 is 16.0 Å². The van der Waals surface area contributed by atoms with Gasteiger partial charge in [-0.2, -0.15) is 0 Å². The third-order valence-corrected chi connectivity index (χ3v) is 5.32. The molecule has 30 heavy (non-hydrogen) atoms. The van der Waals surface area contributed by atoms with Gasteiger partial charge in [-0.15, -0.1) is 0 Å². The summed E-state index contributed by atoms with van der Waals surface area (Å²) in [6.07, 6.45) is 3.75. The minimum absolute atomic E-state index is 0.257. The molecule has 1 aromatic heterocycles. The second-order valence-corrected chi connectivity index (χ2v) is 7.87. The van der Waals surface area contributed by atoms with Crippen molar-refractivity contribution < 1.29 is 9.21 Å². The molecule has 162 valence electrons. The fourth-order valence-corrected chi connectivity index (χ4v) is 3.54. The number of furan rings is 1. The van der Waals surface area contributed by atoms with E-state index in [9.17, 15) is 4.79 Å². The van der Waals surface area contributed by atoms with E-state index in [1.54, 1.807) is 12.1 Å². The van der Waals surface area contributed by atoms with Crippen LogP contribution in [0.15, 0.2) is 52.1 Å². The van der Waals surface area contributed by atoms with Crippen LogP contribution in [0.25, 0.3) is 0 Å². The van der Waals surface area contributed by atoms with E-state index in [4.69, 9.17) is 9.41 Å². The molecule has 1 aliphatic heterocycles. The minimum atomic E-state index is -0.257. The lowest BCUT2D eigenvalue weighted by Gasteiger charge is -2.35. The van der Waals surface area contributed by atoms with Gasteiger partial charge in [0, 0.05) is 37.4 Å². The van der Waals surface area contributed by atoms with Crippen molar-refractivity contribution in [2.75, 3.05) is 25.0 Å². The molecule has 0 unspecified atom stereocenters. The second kappa shape index (κ2) is 10.8. The van der Waals surface area contributed by atoms with E-state index in [1.807, 2.05) is 24.3 Å². The second-order valence-electron chi connectivity index (χ2n) is 7.87. The van der Waals surface area contributed by atoms with Gasteiger partial charge in [-0.1, -0.05) is 12.1 Å². The number of guanidine groups is 1. The van der Waals surface area contributed by atoms with Gasteiger partial charge in [0.15, 0.2) is 11.7 Å². The number of aliphatic imine (C=N–C) groups is 1. The van der Waals surface area contributed by atoms with Crippen LogP contribution in [0.4, 0.5) is 5.69 Å². The van der Waals surface area contributed by atoms with Crippen LogP contribution in [0.1, 0.15) is 49.7 Å². The minimum Gasteiger partial charge on any atom is -0.459 e. The van der Waals surface area contributed by atoms with Crippen LogP contribution in [-0.2, 0) is 6.54 Å². The molecule has 1 aromatic carbocycles. The van der Waals surface area contributed by atoms with Gasteiger partial charge in [-0.05, 0) is 63.4 Å². The van der Waals surface area contributed by atoms with Gasteiger partial charge in [0.2, 0.25) is 0 Å². The van der Waals surface area contributed by atoms with Crippen LogP contribution in [0.2, 0.25) is 0 Å². The standard InChI is InChI=1S/C23H33N5O2/c1-4-24-23(27-20-11-13-28(14-12-20)17(2)3)25-16-18-7-9-19(10-8-18)26-22(29)21-6-5-15-30-21/h5-10,15,17,20H,4,11-14,16H2,1-3H3,(H,26,29)(H2,24,25,27). The van der Waals surface area contributed by atoms with Crippen LogP contribution in [-0.4, -0.2) is 48.5 Å². The highest BCUT2D eigenvalue weighted by Gasteiger charge is 2.21. The average Bonchev–Trinajstić information content (AvgIpc) is 3.29. The van der Waals surface area contributed by atoms with Gasteiger partial charge in [0.25, 0.3) is 5.91 Å². The zero-order valence-electron chi connectivity index (χ0n) is 18.1. The van der Waals surface area contributed by atoms with E-state index < -0.39 is 0 Å². The summed E-state index contributed by atoms with van der Waals surface area (Å²) in [4.78, 5) is 19.3. The number of likely N-dealkylation sites (tertiary alicyclic amines) is 1. The Hall–Kier alpha value is -2.80. The highest BCUT2D eigenvalue weighted by atomic mass is 16.3. The number of carbonyl (C=O) groups excluding carboxylic acids is 1. The van der Waals surface area contributed by atoms with Crippen molar-refractivity contribution in [2.45, 2.75) is 52.2 Å². The largest absolute Gasteiger partial charge is 0.459 e.